The Hall–Kier alpha value is -2.15. The Morgan fingerprint density at radius 2 is 2.30 bits per heavy atom. The zero-order valence-corrected chi connectivity index (χ0v) is 11.9. The quantitative estimate of drug-likeness (QED) is 0.867. The lowest BCUT2D eigenvalue weighted by molar-refractivity contribution is 0.240. The Labute approximate surface area is 120 Å². The lowest BCUT2D eigenvalue weighted by Gasteiger charge is -2.08. The van der Waals surface area contributed by atoms with Gasteiger partial charge < -0.3 is 10.6 Å². The van der Waals surface area contributed by atoms with E-state index in [9.17, 15) is 9.59 Å². The van der Waals surface area contributed by atoms with Crippen LogP contribution >= 0.6 is 11.3 Å². The molecule has 0 bridgehead atoms. The molecular formula is C13H16N4O2S. The highest BCUT2D eigenvalue weighted by molar-refractivity contribution is 7.09. The van der Waals surface area contributed by atoms with Gasteiger partial charge in [-0.2, -0.15) is 0 Å². The normalized spacial score (nSPS) is 10.2. The fourth-order valence-corrected chi connectivity index (χ4v) is 2.30. The van der Waals surface area contributed by atoms with Gasteiger partial charge >= 0.3 is 6.03 Å². The summed E-state index contributed by atoms with van der Waals surface area (Å²) in [6.45, 7) is 3.00. The molecule has 20 heavy (non-hydrogen) atoms. The van der Waals surface area contributed by atoms with E-state index in [1.807, 2.05) is 17.5 Å². The number of hydrogen-bond donors (Lipinski definition) is 2. The topological polar surface area (TPSA) is 76.0 Å². The predicted octanol–water partition coefficient (Wildman–Crippen LogP) is 1.11. The van der Waals surface area contributed by atoms with Crippen LogP contribution in [0.1, 0.15) is 10.4 Å². The van der Waals surface area contributed by atoms with Crippen molar-refractivity contribution in [3.05, 3.63) is 50.8 Å². The van der Waals surface area contributed by atoms with E-state index in [0.717, 1.165) is 4.88 Å². The van der Waals surface area contributed by atoms with Crippen molar-refractivity contribution in [2.45, 2.75) is 20.0 Å². The minimum Gasteiger partial charge on any atom is -0.336 e. The Balaban J connectivity index is 1.74. The van der Waals surface area contributed by atoms with Crippen LogP contribution in [0.3, 0.4) is 0 Å². The standard InChI is InChI=1S/C13H16N4O2S/c1-10-7-14-9-17(12(10)18)5-4-15-13(19)16-8-11-3-2-6-20-11/h2-3,6-7,9H,4-5,8H2,1H3,(H2,15,16,19). The summed E-state index contributed by atoms with van der Waals surface area (Å²) in [6.07, 6.45) is 3.00. The van der Waals surface area contributed by atoms with Crippen LogP contribution in [0.4, 0.5) is 4.79 Å². The summed E-state index contributed by atoms with van der Waals surface area (Å²) >= 11 is 1.59. The first kappa shape index (κ1) is 14.3. The zero-order chi connectivity index (χ0) is 14.4. The molecule has 0 fully saturated rings. The summed E-state index contributed by atoms with van der Waals surface area (Å²) in [5, 5.41) is 7.43. The number of amides is 2. The van der Waals surface area contributed by atoms with Crippen LogP contribution in [0.25, 0.3) is 0 Å². The SMILES string of the molecule is Cc1cncn(CCNC(=O)NCc2cccs2)c1=O. The van der Waals surface area contributed by atoms with Gasteiger partial charge in [-0.1, -0.05) is 6.07 Å². The van der Waals surface area contributed by atoms with Crippen LogP contribution in [0.2, 0.25) is 0 Å². The smallest absolute Gasteiger partial charge is 0.315 e. The maximum absolute atomic E-state index is 11.7. The maximum Gasteiger partial charge on any atom is 0.315 e. The fraction of sp³-hybridized carbons (Fsp3) is 0.308. The van der Waals surface area contributed by atoms with Gasteiger partial charge in [0, 0.05) is 29.7 Å². The van der Waals surface area contributed by atoms with Crippen molar-refractivity contribution in [1.29, 1.82) is 0 Å². The Kier molecular flexibility index (Phi) is 4.89. The second-order valence-corrected chi connectivity index (χ2v) is 5.30. The Bertz CT molecular complexity index is 622. The molecule has 2 aromatic heterocycles. The summed E-state index contributed by atoms with van der Waals surface area (Å²) < 4.78 is 1.48. The highest BCUT2D eigenvalue weighted by Gasteiger charge is 2.02. The highest BCUT2D eigenvalue weighted by Crippen LogP contribution is 2.06. The maximum atomic E-state index is 11.7. The van der Waals surface area contributed by atoms with Gasteiger partial charge in [-0.05, 0) is 18.4 Å². The molecule has 0 saturated carbocycles. The van der Waals surface area contributed by atoms with E-state index in [4.69, 9.17) is 0 Å². The van der Waals surface area contributed by atoms with Gasteiger partial charge in [-0.25, -0.2) is 9.78 Å². The molecule has 0 aliphatic heterocycles. The second-order valence-electron chi connectivity index (χ2n) is 4.26. The number of carbonyl (C=O) groups is 1. The molecule has 0 aliphatic carbocycles. The summed E-state index contributed by atoms with van der Waals surface area (Å²) in [5.41, 5.74) is 0.510. The molecule has 2 N–H and O–H groups in total. The summed E-state index contributed by atoms with van der Waals surface area (Å²) in [6, 6.07) is 3.66. The molecule has 2 rings (SSSR count). The first-order chi connectivity index (χ1) is 9.66. The summed E-state index contributed by atoms with van der Waals surface area (Å²) in [7, 11) is 0. The molecule has 2 aromatic rings. The van der Waals surface area contributed by atoms with E-state index in [2.05, 4.69) is 15.6 Å². The van der Waals surface area contributed by atoms with Crippen molar-refractivity contribution < 1.29 is 4.79 Å². The van der Waals surface area contributed by atoms with Crippen LogP contribution in [-0.4, -0.2) is 22.1 Å². The molecule has 0 spiro atoms. The van der Waals surface area contributed by atoms with Gasteiger partial charge in [0.2, 0.25) is 0 Å². The van der Waals surface area contributed by atoms with Crippen LogP contribution in [-0.2, 0) is 13.1 Å². The van der Waals surface area contributed by atoms with Crippen LogP contribution in [0.5, 0.6) is 0 Å². The van der Waals surface area contributed by atoms with Crippen molar-refractivity contribution in [3.8, 4) is 0 Å². The number of nitrogens with zero attached hydrogens (tertiary/aromatic N) is 2. The fourth-order valence-electron chi connectivity index (χ4n) is 1.65. The third-order valence-electron chi connectivity index (χ3n) is 2.71. The number of urea groups is 1. The van der Waals surface area contributed by atoms with E-state index < -0.39 is 0 Å². The number of aryl methyl sites for hydroxylation is 1. The van der Waals surface area contributed by atoms with E-state index >= 15 is 0 Å². The van der Waals surface area contributed by atoms with Crippen molar-refractivity contribution >= 4 is 17.4 Å². The zero-order valence-electron chi connectivity index (χ0n) is 11.1. The predicted molar refractivity (Wildman–Crippen MR) is 77.8 cm³/mol. The second kappa shape index (κ2) is 6.85. The van der Waals surface area contributed by atoms with Gasteiger partial charge in [-0.3, -0.25) is 9.36 Å². The van der Waals surface area contributed by atoms with E-state index in [-0.39, 0.29) is 11.6 Å². The van der Waals surface area contributed by atoms with E-state index in [1.165, 1.54) is 17.1 Å². The van der Waals surface area contributed by atoms with Crippen LogP contribution in [0.15, 0.2) is 34.8 Å². The first-order valence-corrected chi connectivity index (χ1v) is 7.10. The molecule has 6 nitrogen and oxygen atoms in total. The number of rotatable bonds is 5. The van der Waals surface area contributed by atoms with Gasteiger partial charge in [0.05, 0.1) is 12.9 Å². The number of nitrogens with one attached hydrogen (secondary N) is 2. The van der Waals surface area contributed by atoms with E-state index in [0.29, 0.717) is 25.2 Å². The average Bonchev–Trinajstić information content (AvgIpc) is 2.94. The third-order valence-corrected chi connectivity index (χ3v) is 3.59. The summed E-state index contributed by atoms with van der Waals surface area (Å²) in [4.78, 5) is 28.3. The Morgan fingerprint density at radius 1 is 1.45 bits per heavy atom. The number of aromatic nitrogens is 2. The van der Waals surface area contributed by atoms with Gasteiger partial charge in [0.25, 0.3) is 5.56 Å². The monoisotopic (exact) mass is 292 g/mol. The molecule has 0 unspecified atom stereocenters. The minimum atomic E-state index is -0.243. The van der Waals surface area contributed by atoms with Crippen LogP contribution < -0.4 is 16.2 Å². The molecule has 0 aliphatic rings. The van der Waals surface area contributed by atoms with Gasteiger partial charge in [0.15, 0.2) is 0 Å². The molecule has 2 amide bonds. The largest absolute Gasteiger partial charge is 0.336 e. The van der Waals surface area contributed by atoms with Crippen LogP contribution in [0, 0.1) is 6.92 Å². The molecule has 0 radical (unpaired) electrons. The van der Waals surface area contributed by atoms with Gasteiger partial charge in [-0.15, -0.1) is 11.3 Å². The molecular weight excluding hydrogens is 276 g/mol. The average molecular weight is 292 g/mol. The molecule has 106 valence electrons. The summed E-state index contributed by atoms with van der Waals surface area (Å²) in [5.74, 6) is 0. The van der Waals surface area contributed by atoms with E-state index in [1.54, 1.807) is 18.3 Å². The molecule has 0 aromatic carbocycles. The van der Waals surface area contributed by atoms with Gasteiger partial charge in [0.1, 0.15) is 0 Å². The molecule has 7 heteroatoms. The molecule has 0 atom stereocenters. The van der Waals surface area contributed by atoms with Crippen molar-refractivity contribution in [2.75, 3.05) is 6.54 Å². The highest BCUT2D eigenvalue weighted by atomic mass is 32.1. The van der Waals surface area contributed by atoms with Crippen molar-refractivity contribution in [1.82, 2.24) is 20.2 Å². The Morgan fingerprint density at radius 3 is 3.05 bits per heavy atom. The van der Waals surface area contributed by atoms with Crippen molar-refractivity contribution in [2.24, 2.45) is 0 Å². The van der Waals surface area contributed by atoms with Crippen molar-refractivity contribution in [3.63, 3.8) is 0 Å². The minimum absolute atomic E-state index is 0.0826. The molecule has 2 heterocycles. The lowest BCUT2D eigenvalue weighted by atomic mass is 10.4. The number of hydrogen-bond acceptors (Lipinski definition) is 4. The number of carbonyl (C=O) groups excluding carboxylic acids is 1. The number of thiophene rings is 1. The lowest BCUT2D eigenvalue weighted by Crippen LogP contribution is -2.38. The molecule has 0 saturated heterocycles. The first-order valence-electron chi connectivity index (χ1n) is 6.22. The third kappa shape index (κ3) is 3.92.